The molecule has 0 fully saturated rings. The lowest BCUT2D eigenvalue weighted by Gasteiger charge is -2.23. The molecule has 0 saturated heterocycles. The number of ether oxygens (including phenoxy) is 1. The molecule has 0 spiro atoms. The number of carbonyl (C=O) groups is 1. The Labute approximate surface area is 175 Å². The maximum Gasteiger partial charge on any atom is 0.272 e. The van der Waals surface area contributed by atoms with E-state index in [1.54, 1.807) is 13.0 Å². The Kier molecular flexibility index (Phi) is 5.86. The Morgan fingerprint density at radius 1 is 1.17 bits per heavy atom. The number of hydrogen-bond acceptors (Lipinski definition) is 5. The van der Waals surface area contributed by atoms with Gasteiger partial charge in [0.2, 0.25) is 0 Å². The van der Waals surface area contributed by atoms with E-state index in [1.807, 2.05) is 30.3 Å². The van der Waals surface area contributed by atoms with Crippen molar-refractivity contribution in [1.29, 1.82) is 0 Å². The van der Waals surface area contributed by atoms with Crippen molar-refractivity contribution >= 4 is 44.0 Å². The third-order valence-corrected chi connectivity index (χ3v) is 4.93. The van der Waals surface area contributed by atoms with Gasteiger partial charge in [-0.3, -0.25) is 14.9 Å². The first kappa shape index (κ1) is 20.8. The van der Waals surface area contributed by atoms with Crippen LogP contribution >= 0.6 is 15.9 Å². The highest BCUT2D eigenvalue weighted by Gasteiger charge is 2.31. The molecule has 3 aromatic carbocycles. The third-order valence-electron chi connectivity index (χ3n) is 4.43. The Hall–Kier alpha value is -2.97. The molecular formula is C21H19BrN2O5. The quantitative estimate of drug-likeness (QED) is 0.415. The average Bonchev–Trinajstić information content (AvgIpc) is 2.66. The molecule has 0 heterocycles. The summed E-state index contributed by atoms with van der Waals surface area (Å²) in [6.07, 6.45) is 0. The van der Waals surface area contributed by atoms with E-state index < -0.39 is 16.4 Å². The van der Waals surface area contributed by atoms with Gasteiger partial charge in [-0.15, -0.1) is 0 Å². The fourth-order valence-electron chi connectivity index (χ4n) is 2.78. The highest BCUT2D eigenvalue weighted by atomic mass is 79.9. The van der Waals surface area contributed by atoms with Crippen LogP contribution in [-0.2, 0) is 4.79 Å². The molecule has 0 radical (unpaired) electrons. The predicted octanol–water partition coefficient (Wildman–Crippen LogP) is 4.59. The number of anilines is 1. The largest absolute Gasteiger partial charge is 0.490 e. The van der Waals surface area contributed by atoms with Gasteiger partial charge in [0.1, 0.15) is 12.4 Å². The van der Waals surface area contributed by atoms with E-state index in [0.29, 0.717) is 17.0 Å². The van der Waals surface area contributed by atoms with Crippen molar-refractivity contribution in [1.82, 2.24) is 0 Å². The number of amides is 1. The maximum absolute atomic E-state index is 12.5. The van der Waals surface area contributed by atoms with Crippen LogP contribution in [0.25, 0.3) is 10.8 Å². The van der Waals surface area contributed by atoms with Gasteiger partial charge in [-0.1, -0.05) is 28.1 Å². The number of nitro benzene ring substituents is 1. The number of halogens is 1. The van der Waals surface area contributed by atoms with Crippen molar-refractivity contribution in [2.45, 2.75) is 19.4 Å². The van der Waals surface area contributed by atoms with Crippen LogP contribution in [0.15, 0.2) is 59.1 Å². The lowest BCUT2D eigenvalue weighted by Crippen LogP contribution is -2.45. The van der Waals surface area contributed by atoms with Gasteiger partial charge in [-0.2, -0.15) is 0 Å². The predicted molar refractivity (Wildman–Crippen MR) is 114 cm³/mol. The zero-order valence-corrected chi connectivity index (χ0v) is 17.4. The van der Waals surface area contributed by atoms with Crippen LogP contribution in [0.4, 0.5) is 11.4 Å². The van der Waals surface area contributed by atoms with Crippen LogP contribution in [0.5, 0.6) is 5.75 Å². The number of nitrogens with zero attached hydrogens (tertiary/aromatic N) is 1. The van der Waals surface area contributed by atoms with Crippen LogP contribution in [0.2, 0.25) is 0 Å². The molecule has 0 aliphatic heterocycles. The minimum atomic E-state index is -1.80. The molecule has 2 N–H and O–H groups in total. The SMILES string of the molecule is Cc1cc(NC(=O)C(C)(O)COc2ccc3cc(Br)ccc3c2)ccc1[N+](=O)[O-]. The van der Waals surface area contributed by atoms with Gasteiger partial charge in [0.15, 0.2) is 5.60 Å². The Balaban J connectivity index is 1.67. The monoisotopic (exact) mass is 458 g/mol. The first-order chi connectivity index (χ1) is 13.7. The summed E-state index contributed by atoms with van der Waals surface area (Å²) in [7, 11) is 0. The van der Waals surface area contributed by atoms with Crippen LogP contribution in [0.1, 0.15) is 12.5 Å². The van der Waals surface area contributed by atoms with Crippen molar-refractivity contribution in [2.24, 2.45) is 0 Å². The van der Waals surface area contributed by atoms with Crippen LogP contribution in [-0.4, -0.2) is 28.1 Å². The fourth-order valence-corrected chi connectivity index (χ4v) is 3.16. The molecule has 3 aromatic rings. The molecule has 3 rings (SSSR count). The number of aliphatic hydroxyl groups is 1. The normalized spacial score (nSPS) is 13.0. The second kappa shape index (κ2) is 8.18. The molecule has 0 aliphatic rings. The minimum Gasteiger partial charge on any atom is -0.490 e. The summed E-state index contributed by atoms with van der Waals surface area (Å²) in [5.74, 6) is -0.144. The molecular weight excluding hydrogens is 440 g/mol. The molecule has 0 bridgehead atoms. The molecule has 1 unspecified atom stereocenters. The Bertz CT molecular complexity index is 1100. The van der Waals surface area contributed by atoms with E-state index in [2.05, 4.69) is 21.2 Å². The summed E-state index contributed by atoms with van der Waals surface area (Å²) < 4.78 is 6.60. The average molecular weight is 459 g/mol. The van der Waals surface area contributed by atoms with E-state index in [4.69, 9.17) is 4.74 Å². The zero-order chi connectivity index (χ0) is 21.2. The number of hydrogen-bond donors (Lipinski definition) is 2. The molecule has 8 heteroatoms. The van der Waals surface area contributed by atoms with Gasteiger partial charge in [0.05, 0.1) is 4.92 Å². The van der Waals surface area contributed by atoms with Crippen LogP contribution < -0.4 is 10.1 Å². The molecule has 1 amide bonds. The van der Waals surface area contributed by atoms with Crippen molar-refractivity contribution in [3.63, 3.8) is 0 Å². The van der Waals surface area contributed by atoms with Gasteiger partial charge < -0.3 is 15.2 Å². The number of carbonyl (C=O) groups excluding carboxylic acids is 1. The Morgan fingerprint density at radius 3 is 2.55 bits per heavy atom. The van der Waals surface area contributed by atoms with Gasteiger partial charge in [0.25, 0.3) is 11.6 Å². The standard InChI is InChI=1S/C21H19BrN2O5/c1-13-9-17(6-8-19(13)24(27)28)23-20(25)21(2,26)12-29-18-7-4-14-10-16(22)5-3-15(14)11-18/h3-11,26H,12H2,1-2H3,(H,23,25). The number of rotatable bonds is 6. The van der Waals surface area contributed by atoms with E-state index in [9.17, 15) is 20.0 Å². The maximum atomic E-state index is 12.5. The number of benzene rings is 3. The number of nitro groups is 1. The molecule has 0 aromatic heterocycles. The van der Waals surface area contributed by atoms with Crippen LogP contribution in [0, 0.1) is 17.0 Å². The van der Waals surface area contributed by atoms with Crippen molar-refractivity contribution in [2.75, 3.05) is 11.9 Å². The summed E-state index contributed by atoms with van der Waals surface area (Å²) >= 11 is 3.42. The molecule has 29 heavy (non-hydrogen) atoms. The first-order valence-corrected chi connectivity index (χ1v) is 9.56. The molecule has 150 valence electrons. The van der Waals surface area contributed by atoms with Gasteiger partial charge in [0, 0.05) is 21.8 Å². The number of nitrogens with one attached hydrogen (secondary N) is 1. The smallest absolute Gasteiger partial charge is 0.272 e. The van der Waals surface area contributed by atoms with Gasteiger partial charge in [-0.05, 0) is 61.0 Å². The molecule has 0 aliphatic carbocycles. The Morgan fingerprint density at radius 2 is 1.86 bits per heavy atom. The highest BCUT2D eigenvalue weighted by molar-refractivity contribution is 9.10. The third kappa shape index (κ3) is 4.90. The minimum absolute atomic E-state index is 0.0403. The van der Waals surface area contributed by atoms with Crippen LogP contribution in [0.3, 0.4) is 0 Å². The van der Waals surface area contributed by atoms with E-state index in [1.165, 1.54) is 25.1 Å². The summed E-state index contributed by atoms with van der Waals surface area (Å²) in [6, 6.07) is 15.5. The number of aryl methyl sites for hydroxylation is 1. The first-order valence-electron chi connectivity index (χ1n) is 8.77. The van der Waals surface area contributed by atoms with Crippen molar-refractivity contribution in [3.8, 4) is 5.75 Å². The number of fused-ring (bicyclic) bond motifs is 1. The summed E-state index contributed by atoms with van der Waals surface area (Å²) in [6.45, 7) is 2.67. The molecule has 0 saturated carbocycles. The molecule has 7 nitrogen and oxygen atoms in total. The lowest BCUT2D eigenvalue weighted by atomic mass is 10.1. The van der Waals surface area contributed by atoms with Crippen molar-refractivity contribution < 1.29 is 19.6 Å². The van der Waals surface area contributed by atoms with E-state index in [-0.39, 0.29) is 12.3 Å². The van der Waals surface area contributed by atoms with Crippen molar-refractivity contribution in [3.05, 3.63) is 74.7 Å². The lowest BCUT2D eigenvalue weighted by molar-refractivity contribution is -0.385. The fraction of sp³-hybridized carbons (Fsp3) is 0.190. The summed E-state index contributed by atoms with van der Waals surface area (Å²) in [5.41, 5.74) is -1.08. The summed E-state index contributed by atoms with van der Waals surface area (Å²) in [4.78, 5) is 22.9. The topological polar surface area (TPSA) is 102 Å². The van der Waals surface area contributed by atoms with Gasteiger partial charge in [-0.25, -0.2) is 0 Å². The zero-order valence-electron chi connectivity index (χ0n) is 15.8. The second-order valence-corrected chi connectivity index (χ2v) is 7.84. The second-order valence-electron chi connectivity index (χ2n) is 6.93. The molecule has 1 atom stereocenters. The highest BCUT2D eigenvalue weighted by Crippen LogP contribution is 2.25. The summed E-state index contributed by atoms with van der Waals surface area (Å²) in [5, 5.41) is 26.0. The van der Waals surface area contributed by atoms with Gasteiger partial charge >= 0.3 is 0 Å². The van der Waals surface area contributed by atoms with E-state index >= 15 is 0 Å². The van der Waals surface area contributed by atoms with E-state index in [0.717, 1.165) is 15.2 Å².